The van der Waals surface area contributed by atoms with E-state index in [-0.39, 0.29) is 11.0 Å². The van der Waals surface area contributed by atoms with E-state index in [4.69, 9.17) is 4.74 Å². The van der Waals surface area contributed by atoms with Gasteiger partial charge in [-0.2, -0.15) is 0 Å². The van der Waals surface area contributed by atoms with E-state index in [0.29, 0.717) is 12.5 Å². The van der Waals surface area contributed by atoms with Gasteiger partial charge in [-0.15, -0.1) is 0 Å². The molecule has 98 valence electrons. The molecule has 0 bridgehead atoms. The largest absolute Gasteiger partial charge is 0.383 e. The first kappa shape index (κ1) is 15.9. The van der Waals surface area contributed by atoms with Crippen LogP contribution in [-0.2, 0) is 14.6 Å². The Hall–Kier alpha value is -0.130. The summed E-state index contributed by atoms with van der Waals surface area (Å²) in [7, 11) is -1.21. The lowest BCUT2D eigenvalue weighted by molar-refractivity contribution is 0.198. The van der Waals surface area contributed by atoms with Crippen molar-refractivity contribution in [3.63, 3.8) is 0 Å². The molecule has 0 amide bonds. The Morgan fingerprint density at radius 1 is 1.25 bits per heavy atom. The normalized spacial score (nSPS) is 14.3. The molecular weight excluding hydrogens is 226 g/mol. The molecule has 0 rings (SSSR count). The number of methoxy groups -OCH3 is 1. The monoisotopic (exact) mass is 251 g/mol. The van der Waals surface area contributed by atoms with Gasteiger partial charge in [0.15, 0.2) is 9.84 Å². The van der Waals surface area contributed by atoms with Crippen molar-refractivity contribution in [2.45, 2.75) is 32.4 Å². The van der Waals surface area contributed by atoms with Crippen LogP contribution in [0.25, 0.3) is 0 Å². The Morgan fingerprint density at radius 3 is 2.38 bits per heavy atom. The fourth-order valence-corrected chi connectivity index (χ4v) is 2.43. The number of rotatable bonds is 9. The fourth-order valence-electron chi connectivity index (χ4n) is 1.23. The van der Waals surface area contributed by atoms with Gasteiger partial charge in [0.1, 0.15) is 0 Å². The molecule has 5 heteroatoms. The van der Waals surface area contributed by atoms with Gasteiger partial charge in [-0.05, 0) is 32.7 Å². The zero-order chi connectivity index (χ0) is 12.6. The van der Waals surface area contributed by atoms with Gasteiger partial charge in [-0.1, -0.05) is 6.92 Å². The summed E-state index contributed by atoms with van der Waals surface area (Å²) < 4.78 is 28.1. The second kappa shape index (κ2) is 8.03. The highest BCUT2D eigenvalue weighted by Gasteiger charge is 2.16. The van der Waals surface area contributed by atoms with Crippen LogP contribution in [0.15, 0.2) is 0 Å². The van der Waals surface area contributed by atoms with Gasteiger partial charge >= 0.3 is 0 Å². The lowest BCUT2D eigenvalue weighted by atomic mass is 10.1. The van der Waals surface area contributed by atoms with E-state index in [1.807, 2.05) is 0 Å². The molecule has 0 aliphatic rings. The van der Waals surface area contributed by atoms with Crippen molar-refractivity contribution in [2.75, 3.05) is 32.6 Å². The number of ether oxygens (including phenoxy) is 1. The summed E-state index contributed by atoms with van der Waals surface area (Å²) in [6.45, 7) is 7.88. The Kier molecular flexibility index (Phi) is 7.97. The van der Waals surface area contributed by atoms with Gasteiger partial charge in [0, 0.05) is 13.7 Å². The van der Waals surface area contributed by atoms with Gasteiger partial charge in [0.2, 0.25) is 0 Å². The highest BCUT2D eigenvalue weighted by atomic mass is 32.2. The smallest absolute Gasteiger partial charge is 0.152 e. The van der Waals surface area contributed by atoms with E-state index in [1.54, 1.807) is 21.0 Å². The maximum atomic E-state index is 11.6. The summed E-state index contributed by atoms with van der Waals surface area (Å²) in [6, 6.07) is 0. The first-order valence-corrected chi connectivity index (χ1v) is 7.53. The van der Waals surface area contributed by atoms with Gasteiger partial charge in [0.05, 0.1) is 17.6 Å². The van der Waals surface area contributed by atoms with E-state index >= 15 is 0 Å². The number of sulfone groups is 1. The minimum absolute atomic E-state index is 0.263. The van der Waals surface area contributed by atoms with Crippen LogP contribution >= 0.6 is 0 Å². The molecule has 1 unspecified atom stereocenters. The lowest BCUT2D eigenvalue weighted by Gasteiger charge is -2.13. The maximum Gasteiger partial charge on any atom is 0.152 e. The molecule has 16 heavy (non-hydrogen) atoms. The van der Waals surface area contributed by atoms with Crippen LogP contribution in [0.5, 0.6) is 0 Å². The lowest BCUT2D eigenvalue weighted by Crippen LogP contribution is -2.27. The molecule has 0 radical (unpaired) electrons. The molecule has 0 aromatic carbocycles. The average Bonchev–Trinajstić information content (AvgIpc) is 2.21. The first-order chi connectivity index (χ1) is 7.40. The molecule has 0 fully saturated rings. The zero-order valence-corrected chi connectivity index (χ0v) is 11.6. The molecule has 0 aromatic rings. The van der Waals surface area contributed by atoms with Crippen molar-refractivity contribution >= 4 is 9.84 Å². The Morgan fingerprint density at radius 2 is 1.88 bits per heavy atom. The number of hydrogen-bond acceptors (Lipinski definition) is 4. The Balaban J connectivity index is 3.69. The van der Waals surface area contributed by atoms with E-state index in [2.05, 4.69) is 12.2 Å². The third kappa shape index (κ3) is 7.19. The SMILES string of the molecule is COCCNCC(C)CCS(=O)(=O)C(C)C. The summed E-state index contributed by atoms with van der Waals surface area (Å²) in [5, 5.41) is 2.97. The van der Waals surface area contributed by atoms with Crippen LogP contribution in [0, 0.1) is 5.92 Å². The van der Waals surface area contributed by atoms with Gasteiger partial charge in [-0.3, -0.25) is 0 Å². The third-order valence-electron chi connectivity index (χ3n) is 2.59. The predicted molar refractivity (Wildman–Crippen MR) is 67.4 cm³/mol. The minimum Gasteiger partial charge on any atom is -0.383 e. The summed E-state index contributed by atoms with van der Waals surface area (Å²) in [5.74, 6) is 0.669. The summed E-state index contributed by atoms with van der Waals surface area (Å²) in [6.07, 6.45) is 0.723. The van der Waals surface area contributed by atoms with E-state index < -0.39 is 9.84 Å². The van der Waals surface area contributed by atoms with Crippen LogP contribution in [0.2, 0.25) is 0 Å². The zero-order valence-electron chi connectivity index (χ0n) is 10.8. The Bertz CT molecular complexity index is 262. The molecule has 0 aromatic heterocycles. The van der Waals surface area contributed by atoms with Crippen LogP contribution in [0.3, 0.4) is 0 Å². The molecule has 0 spiro atoms. The second-order valence-corrected chi connectivity index (χ2v) is 7.18. The summed E-state index contributed by atoms with van der Waals surface area (Å²) in [4.78, 5) is 0. The highest BCUT2D eigenvalue weighted by molar-refractivity contribution is 7.91. The van der Waals surface area contributed by atoms with Crippen LogP contribution in [0.4, 0.5) is 0 Å². The fraction of sp³-hybridized carbons (Fsp3) is 1.00. The molecule has 0 saturated carbocycles. The topological polar surface area (TPSA) is 55.4 Å². The molecular formula is C11H25NO3S. The number of nitrogens with one attached hydrogen (secondary N) is 1. The third-order valence-corrected chi connectivity index (χ3v) is 4.83. The molecule has 0 heterocycles. The van der Waals surface area contributed by atoms with Gasteiger partial charge < -0.3 is 10.1 Å². The van der Waals surface area contributed by atoms with Crippen molar-refractivity contribution in [3.8, 4) is 0 Å². The van der Waals surface area contributed by atoms with Crippen LogP contribution in [0.1, 0.15) is 27.2 Å². The van der Waals surface area contributed by atoms with Gasteiger partial charge in [0.25, 0.3) is 0 Å². The quantitative estimate of drug-likeness (QED) is 0.623. The van der Waals surface area contributed by atoms with Crippen molar-refractivity contribution < 1.29 is 13.2 Å². The molecule has 0 aliphatic carbocycles. The molecule has 4 nitrogen and oxygen atoms in total. The van der Waals surface area contributed by atoms with E-state index in [9.17, 15) is 8.42 Å². The van der Waals surface area contributed by atoms with E-state index in [1.165, 1.54) is 0 Å². The van der Waals surface area contributed by atoms with Gasteiger partial charge in [-0.25, -0.2) is 8.42 Å². The highest BCUT2D eigenvalue weighted by Crippen LogP contribution is 2.08. The predicted octanol–water partition coefficient (Wildman–Crippen LogP) is 1.07. The van der Waals surface area contributed by atoms with Crippen LogP contribution < -0.4 is 5.32 Å². The molecule has 1 N–H and O–H groups in total. The number of hydrogen-bond donors (Lipinski definition) is 1. The van der Waals surface area contributed by atoms with Crippen molar-refractivity contribution in [1.82, 2.24) is 5.32 Å². The van der Waals surface area contributed by atoms with Crippen molar-refractivity contribution in [3.05, 3.63) is 0 Å². The van der Waals surface area contributed by atoms with E-state index in [0.717, 1.165) is 19.5 Å². The molecule has 0 aliphatic heterocycles. The maximum absolute atomic E-state index is 11.6. The van der Waals surface area contributed by atoms with Crippen molar-refractivity contribution in [2.24, 2.45) is 5.92 Å². The summed E-state index contributed by atoms with van der Waals surface area (Å²) >= 11 is 0. The first-order valence-electron chi connectivity index (χ1n) is 5.81. The second-order valence-electron chi connectivity index (χ2n) is 4.51. The molecule has 0 saturated heterocycles. The Labute approximate surface area is 99.7 Å². The standard InChI is InChI=1S/C11H25NO3S/c1-10(2)16(13,14)8-5-11(3)9-12-6-7-15-4/h10-12H,5-9H2,1-4H3. The molecule has 1 atom stereocenters. The average molecular weight is 251 g/mol. The van der Waals surface area contributed by atoms with Crippen LogP contribution in [-0.4, -0.2) is 46.2 Å². The van der Waals surface area contributed by atoms with Crippen molar-refractivity contribution in [1.29, 1.82) is 0 Å². The summed E-state index contributed by atoms with van der Waals surface area (Å²) in [5.41, 5.74) is 0. The minimum atomic E-state index is -2.88.